The van der Waals surface area contributed by atoms with Crippen molar-refractivity contribution in [1.82, 2.24) is 0 Å². The second-order valence-corrected chi connectivity index (χ2v) is 7.50. The summed E-state index contributed by atoms with van der Waals surface area (Å²) in [7, 11) is 1.88. The van der Waals surface area contributed by atoms with Gasteiger partial charge in [0.1, 0.15) is 0 Å². The highest BCUT2D eigenvalue weighted by molar-refractivity contribution is 9.10. The number of quaternary nitrogens is 1. The number of likely N-dealkylation sites (N-methyl/N-ethyl adjacent to an activating group) is 1. The molecule has 2 atom stereocenters. The Morgan fingerprint density at radius 1 is 1.19 bits per heavy atom. The molecule has 2 amide bonds. The van der Waals surface area contributed by atoms with Gasteiger partial charge in [0.15, 0.2) is 12.6 Å². The number of benzene rings is 2. The van der Waals surface area contributed by atoms with Crippen molar-refractivity contribution in [3.8, 4) is 0 Å². The molecule has 0 saturated carbocycles. The van der Waals surface area contributed by atoms with Gasteiger partial charge in [0, 0.05) is 16.7 Å². The largest absolute Gasteiger partial charge is 0.320 e. The van der Waals surface area contributed by atoms with Crippen LogP contribution in [0.3, 0.4) is 0 Å². The molecule has 3 rings (SSSR count). The van der Waals surface area contributed by atoms with E-state index in [1.807, 2.05) is 61.3 Å². The molecule has 1 aliphatic heterocycles. The van der Waals surface area contributed by atoms with Crippen LogP contribution in [0, 0.1) is 0 Å². The summed E-state index contributed by atoms with van der Waals surface area (Å²) in [6.45, 7) is 2.81. The van der Waals surface area contributed by atoms with Crippen molar-refractivity contribution < 1.29 is 14.5 Å². The first-order valence-corrected chi connectivity index (χ1v) is 9.52. The van der Waals surface area contributed by atoms with E-state index in [0.29, 0.717) is 6.54 Å². The van der Waals surface area contributed by atoms with Gasteiger partial charge in [-0.15, -0.1) is 0 Å². The summed E-state index contributed by atoms with van der Waals surface area (Å²) in [4.78, 5) is 28.0. The summed E-state index contributed by atoms with van der Waals surface area (Å²) in [5, 5.41) is 2.89. The molecule has 5 nitrogen and oxygen atoms in total. The van der Waals surface area contributed by atoms with Crippen LogP contribution in [0.2, 0.25) is 0 Å². The lowest BCUT2D eigenvalue weighted by Crippen LogP contribution is -3.15. The molecule has 6 heteroatoms. The van der Waals surface area contributed by atoms with Gasteiger partial charge in [-0.2, -0.15) is 0 Å². The first-order chi connectivity index (χ1) is 12.5. The van der Waals surface area contributed by atoms with E-state index in [4.69, 9.17) is 0 Å². The van der Waals surface area contributed by atoms with Gasteiger partial charge in [0.25, 0.3) is 11.8 Å². The van der Waals surface area contributed by atoms with Crippen molar-refractivity contribution in [1.29, 1.82) is 0 Å². The monoisotopic (exact) mass is 416 g/mol. The number of fused-ring (bicyclic) bond motifs is 1. The van der Waals surface area contributed by atoms with Crippen molar-refractivity contribution in [3.63, 3.8) is 0 Å². The number of amides is 2. The van der Waals surface area contributed by atoms with Gasteiger partial charge in [-0.05, 0) is 53.0 Å². The molecule has 0 radical (unpaired) electrons. The number of carbonyl (C=O) groups is 2. The zero-order chi connectivity index (χ0) is 18.7. The number of nitrogens with zero attached hydrogens (tertiary/aromatic N) is 1. The van der Waals surface area contributed by atoms with Crippen LogP contribution in [0.4, 0.5) is 11.4 Å². The molecule has 0 aliphatic carbocycles. The van der Waals surface area contributed by atoms with Crippen molar-refractivity contribution in [2.24, 2.45) is 0 Å². The molecule has 1 unspecified atom stereocenters. The van der Waals surface area contributed by atoms with Crippen LogP contribution in [0.5, 0.6) is 0 Å². The maximum atomic E-state index is 12.9. The molecule has 2 aromatic rings. The van der Waals surface area contributed by atoms with E-state index in [1.54, 1.807) is 0 Å². The Balaban J connectivity index is 1.61. The van der Waals surface area contributed by atoms with Crippen LogP contribution in [0.25, 0.3) is 0 Å². The highest BCUT2D eigenvalue weighted by Gasteiger charge is 2.32. The highest BCUT2D eigenvalue weighted by atomic mass is 79.9. The van der Waals surface area contributed by atoms with Crippen molar-refractivity contribution >= 4 is 39.1 Å². The maximum Gasteiger partial charge on any atom is 0.284 e. The standard InChI is InChI=1S/C20H22BrN3O2/c1-14(20(26)24-12-11-15-7-3-6-10-18(15)24)23(2)13-19(25)22-17-9-5-4-8-16(17)21/h3-10,14H,11-13H2,1-2H3,(H,22,25)/p+1/t14-/m0/s1. The summed E-state index contributed by atoms with van der Waals surface area (Å²) in [5.41, 5.74) is 2.94. The molecule has 2 N–H and O–H groups in total. The van der Waals surface area contributed by atoms with Crippen molar-refractivity contribution in [3.05, 3.63) is 58.6 Å². The van der Waals surface area contributed by atoms with Crippen LogP contribution in [0.15, 0.2) is 53.0 Å². The lowest BCUT2D eigenvalue weighted by atomic mass is 10.2. The fraction of sp³-hybridized carbons (Fsp3) is 0.300. The Kier molecular flexibility index (Phi) is 5.74. The lowest BCUT2D eigenvalue weighted by molar-refractivity contribution is -0.885. The molecular weight excluding hydrogens is 394 g/mol. The molecule has 26 heavy (non-hydrogen) atoms. The van der Waals surface area contributed by atoms with Gasteiger partial charge in [-0.3, -0.25) is 9.59 Å². The average Bonchev–Trinajstić information content (AvgIpc) is 3.06. The van der Waals surface area contributed by atoms with Crippen LogP contribution in [0.1, 0.15) is 12.5 Å². The number of hydrogen-bond donors (Lipinski definition) is 2. The number of rotatable bonds is 5. The molecule has 0 spiro atoms. The summed E-state index contributed by atoms with van der Waals surface area (Å²) < 4.78 is 0.837. The van der Waals surface area contributed by atoms with E-state index in [2.05, 4.69) is 27.3 Å². The van der Waals surface area contributed by atoms with Gasteiger partial charge >= 0.3 is 0 Å². The van der Waals surface area contributed by atoms with Gasteiger partial charge in [-0.1, -0.05) is 30.3 Å². The first-order valence-electron chi connectivity index (χ1n) is 8.73. The molecular formula is C20H23BrN3O2+. The highest BCUT2D eigenvalue weighted by Crippen LogP contribution is 2.27. The number of carbonyl (C=O) groups excluding carboxylic acids is 2. The fourth-order valence-electron chi connectivity index (χ4n) is 3.18. The van der Waals surface area contributed by atoms with Gasteiger partial charge < -0.3 is 15.1 Å². The summed E-state index contributed by atoms with van der Waals surface area (Å²) in [6, 6.07) is 15.2. The average molecular weight is 417 g/mol. The molecule has 0 saturated heterocycles. The second kappa shape index (κ2) is 8.01. The van der Waals surface area contributed by atoms with E-state index in [0.717, 1.165) is 27.2 Å². The molecule has 136 valence electrons. The molecule has 0 bridgehead atoms. The molecule has 0 fully saturated rings. The number of hydrogen-bond acceptors (Lipinski definition) is 2. The first kappa shape index (κ1) is 18.6. The van der Waals surface area contributed by atoms with Crippen LogP contribution >= 0.6 is 15.9 Å². The predicted octanol–water partition coefficient (Wildman–Crippen LogP) is 1.88. The predicted molar refractivity (Wildman–Crippen MR) is 106 cm³/mol. The smallest absolute Gasteiger partial charge is 0.284 e. The van der Waals surface area contributed by atoms with Gasteiger partial charge in [0.05, 0.1) is 12.7 Å². The normalized spacial score (nSPS) is 15.3. The summed E-state index contributed by atoms with van der Waals surface area (Å²) >= 11 is 3.42. The lowest BCUT2D eigenvalue weighted by Gasteiger charge is -2.25. The van der Waals surface area contributed by atoms with E-state index >= 15 is 0 Å². The molecule has 0 aromatic heterocycles. The maximum absolute atomic E-state index is 12.9. The molecule has 1 aliphatic rings. The Hall–Kier alpha value is -2.18. The molecule has 2 aromatic carbocycles. The second-order valence-electron chi connectivity index (χ2n) is 6.64. The van der Waals surface area contributed by atoms with Crippen LogP contribution < -0.4 is 15.1 Å². The molecule has 1 heterocycles. The Morgan fingerprint density at radius 2 is 1.88 bits per heavy atom. The minimum atomic E-state index is -0.300. The van der Waals surface area contributed by atoms with Crippen LogP contribution in [-0.4, -0.2) is 38.0 Å². The van der Waals surface area contributed by atoms with E-state index in [9.17, 15) is 9.59 Å². The van der Waals surface area contributed by atoms with Gasteiger partial charge in [0.2, 0.25) is 0 Å². The van der Waals surface area contributed by atoms with E-state index < -0.39 is 0 Å². The zero-order valence-electron chi connectivity index (χ0n) is 15.0. The minimum absolute atomic E-state index is 0.0566. The van der Waals surface area contributed by atoms with Gasteiger partial charge in [-0.25, -0.2) is 0 Å². The topological polar surface area (TPSA) is 53.9 Å². The SMILES string of the molecule is C[C@@H](C(=O)N1CCc2ccccc21)[NH+](C)CC(=O)Nc1ccccc1Br. The van der Waals surface area contributed by atoms with Crippen LogP contribution in [-0.2, 0) is 16.0 Å². The Bertz CT molecular complexity index is 824. The third-order valence-corrected chi connectivity index (χ3v) is 5.54. The zero-order valence-corrected chi connectivity index (χ0v) is 16.5. The van der Waals surface area contributed by atoms with Crippen molar-refractivity contribution in [2.45, 2.75) is 19.4 Å². The minimum Gasteiger partial charge on any atom is -0.320 e. The summed E-state index contributed by atoms with van der Waals surface area (Å²) in [6.07, 6.45) is 0.885. The third-order valence-electron chi connectivity index (χ3n) is 4.85. The number of para-hydroxylation sites is 2. The van der Waals surface area contributed by atoms with E-state index in [1.165, 1.54) is 5.56 Å². The Morgan fingerprint density at radius 3 is 2.65 bits per heavy atom. The van der Waals surface area contributed by atoms with Crippen molar-refractivity contribution in [2.75, 3.05) is 30.4 Å². The third kappa shape index (κ3) is 3.97. The number of anilines is 2. The fourth-order valence-corrected chi connectivity index (χ4v) is 3.56. The van der Waals surface area contributed by atoms with E-state index in [-0.39, 0.29) is 24.4 Å². The number of nitrogens with one attached hydrogen (secondary N) is 2. The quantitative estimate of drug-likeness (QED) is 0.781. The summed E-state index contributed by atoms with van der Waals surface area (Å²) in [5.74, 6) is -0.0583. The Labute approximate surface area is 162 Å². The number of halogens is 1.